The van der Waals surface area contributed by atoms with Gasteiger partial charge in [-0.2, -0.15) is 0 Å². The molecule has 1 aliphatic rings. The van der Waals surface area contributed by atoms with Gasteiger partial charge in [-0.05, 0) is 36.6 Å². The Morgan fingerprint density at radius 2 is 2.00 bits per heavy atom. The predicted octanol–water partition coefficient (Wildman–Crippen LogP) is 3.30. The Kier molecular flexibility index (Phi) is 3.91. The van der Waals surface area contributed by atoms with Crippen LogP contribution in [0.25, 0.3) is 10.9 Å². The minimum atomic E-state index is -0.436. The van der Waals surface area contributed by atoms with E-state index in [9.17, 15) is 4.79 Å². The van der Waals surface area contributed by atoms with Crippen molar-refractivity contribution in [2.45, 2.75) is 44.1 Å². The van der Waals surface area contributed by atoms with Crippen molar-refractivity contribution < 1.29 is 4.79 Å². The van der Waals surface area contributed by atoms with Crippen LogP contribution in [0, 0.1) is 0 Å². The van der Waals surface area contributed by atoms with Crippen LogP contribution in [-0.2, 0) is 0 Å². The van der Waals surface area contributed by atoms with Gasteiger partial charge in [-0.15, -0.1) is 0 Å². The van der Waals surface area contributed by atoms with E-state index in [2.05, 4.69) is 4.98 Å². The van der Waals surface area contributed by atoms with Crippen molar-refractivity contribution in [1.82, 2.24) is 4.98 Å². The smallest absolute Gasteiger partial charge is 0.265 e. The highest BCUT2D eigenvalue weighted by Crippen LogP contribution is 2.38. The van der Waals surface area contributed by atoms with E-state index in [0.29, 0.717) is 10.7 Å². The summed E-state index contributed by atoms with van der Waals surface area (Å²) in [4.78, 5) is 15.0. The number of rotatable bonds is 2. The average Bonchev–Trinajstić information content (AvgIpc) is 2.68. The molecule has 0 bridgehead atoms. The first kappa shape index (κ1) is 14.4. The largest absolute Gasteiger partial charge is 0.364 e. The van der Waals surface area contributed by atoms with Crippen LogP contribution in [0.2, 0.25) is 5.02 Å². The van der Waals surface area contributed by atoms with Crippen molar-refractivity contribution in [3.05, 3.63) is 34.5 Å². The molecule has 0 saturated heterocycles. The van der Waals surface area contributed by atoms with Gasteiger partial charge in [0.25, 0.3) is 5.91 Å². The zero-order valence-corrected chi connectivity index (χ0v) is 12.6. The first-order chi connectivity index (χ1) is 10.1. The Balaban J connectivity index is 2.20. The first-order valence-corrected chi connectivity index (χ1v) is 7.82. The molecule has 0 aliphatic heterocycles. The van der Waals surface area contributed by atoms with Gasteiger partial charge < -0.3 is 16.5 Å². The first-order valence-electron chi connectivity index (χ1n) is 7.44. The third kappa shape index (κ3) is 2.65. The molecule has 0 spiro atoms. The number of carbonyl (C=O) groups is 1. The lowest BCUT2D eigenvalue weighted by Gasteiger charge is -2.22. The van der Waals surface area contributed by atoms with E-state index < -0.39 is 5.91 Å². The summed E-state index contributed by atoms with van der Waals surface area (Å²) in [6.45, 7) is 0. The summed E-state index contributed by atoms with van der Waals surface area (Å²) in [5, 5.41) is 1.62. The Morgan fingerprint density at radius 1 is 1.24 bits per heavy atom. The molecule has 1 aliphatic carbocycles. The third-order valence-corrected chi connectivity index (χ3v) is 4.72. The number of halogens is 1. The zero-order chi connectivity index (χ0) is 15.0. The van der Waals surface area contributed by atoms with E-state index >= 15 is 0 Å². The van der Waals surface area contributed by atoms with Crippen molar-refractivity contribution in [3.8, 4) is 0 Å². The van der Waals surface area contributed by atoms with Crippen molar-refractivity contribution >= 4 is 28.4 Å². The highest BCUT2D eigenvalue weighted by molar-refractivity contribution is 6.31. The number of amides is 1. The van der Waals surface area contributed by atoms with Crippen LogP contribution >= 0.6 is 11.6 Å². The number of carbonyl (C=O) groups excluding carboxylic acids is 1. The molecule has 1 heterocycles. The lowest BCUT2D eigenvalue weighted by Crippen LogP contribution is -2.29. The Labute approximate surface area is 128 Å². The second-order valence-corrected chi connectivity index (χ2v) is 6.31. The fourth-order valence-electron chi connectivity index (χ4n) is 3.46. The molecule has 112 valence electrons. The van der Waals surface area contributed by atoms with E-state index in [-0.39, 0.29) is 12.0 Å². The fourth-order valence-corrected chi connectivity index (χ4v) is 3.63. The van der Waals surface area contributed by atoms with Gasteiger partial charge in [0.2, 0.25) is 0 Å². The maximum absolute atomic E-state index is 11.8. The SMILES string of the molecule is NC(=O)c1[nH]c2ccc(Cl)cc2c1C1CCCCC[C@H]1N. The maximum atomic E-state index is 11.8. The molecule has 1 fully saturated rings. The summed E-state index contributed by atoms with van der Waals surface area (Å²) in [6.07, 6.45) is 5.44. The van der Waals surface area contributed by atoms with Crippen molar-refractivity contribution in [2.75, 3.05) is 0 Å². The topological polar surface area (TPSA) is 84.9 Å². The van der Waals surface area contributed by atoms with Crippen LogP contribution in [0.5, 0.6) is 0 Å². The highest BCUT2D eigenvalue weighted by atomic mass is 35.5. The van der Waals surface area contributed by atoms with Gasteiger partial charge in [0.1, 0.15) is 5.69 Å². The molecule has 1 unspecified atom stereocenters. The molecule has 21 heavy (non-hydrogen) atoms. The van der Waals surface area contributed by atoms with Crippen molar-refractivity contribution in [1.29, 1.82) is 0 Å². The molecule has 0 radical (unpaired) electrons. The normalized spacial score (nSPS) is 23.1. The molecular weight excluding hydrogens is 286 g/mol. The molecule has 2 atom stereocenters. The standard InChI is InChI=1S/C16H20ClN3O/c17-9-6-7-13-11(8-9)14(15(20-13)16(19)21)10-4-2-1-3-5-12(10)18/h6-8,10,12,20H,1-5,18H2,(H2,19,21)/t10?,12-/m1/s1. The van der Waals surface area contributed by atoms with Crippen molar-refractivity contribution in [2.24, 2.45) is 11.5 Å². The van der Waals surface area contributed by atoms with E-state index in [0.717, 1.165) is 42.1 Å². The van der Waals surface area contributed by atoms with Crippen molar-refractivity contribution in [3.63, 3.8) is 0 Å². The average molecular weight is 306 g/mol. The Bertz CT molecular complexity index is 679. The van der Waals surface area contributed by atoms with Gasteiger partial charge in [0, 0.05) is 27.9 Å². The molecule has 5 heteroatoms. The summed E-state index contributed by atoms with van der Waals surface area (Å²) in [7, 11) is 0. The molecule has 1 aromatic heterocycles. The monoisotopic (exact) mass is 305 g/mol. The Morgan fingerprint density at radius 3 is 2.76 bits per heavy atom. The van der Waals surface area contributed by atoms with Crippen LogP contribution in [0.15, 0.2) is 18.2 Å². The number of hydrogen-bond donors (Lipinski definition) is 3. The van der Waals surface area contributed by atoms with Crippen LogP contribution < -0.4 is 11.5 Å². The van der Waals surface area contributed by atoms with Gasteiger partial charge in [0.15, 0.2) is 0 Å². The van der Waals surface area contributed by atoms with E-state index in [1.54, 1.807) is 0 Å². The number of aromatic amines is 1. The van der Waals surface area contributed by atoms with Crippen LogP contribution in [0.4, 0.5) is 0 Å². The van der Waals surface area contributed by atoms with Gasteiger partial charge >= 0.3 is 0 Å². The number of primary amides is 1. The molecule has 1 amide bonds. The van der Waals surface area contributed by atoms with Gasteiger partial charge in [-0.3, -0.25) is 4.79 Å². The summed E-state index contributed by atoms with van der Waals surface area (Å²) in [6, 6.07) is 5.65. The van der Waals surface area contributed by atoms with Crippen LogP contribution in [0.1, 0.15) is 54.1 Å². The maximum Gasteiger partial charge on any atom is 0.265 e. The molecule has 1 saturated carbocycles. The number of benzene rings is 1. The van der Waals surface area contributed by atoms with Gasteiger partial charge in [0.05, 0.1) is 0 Å². The quantitative estimate of drug-likeness (QED) is 0.744. The van der Waals surface area contributed by atoms with E-state index in [4.69, 9.17) is 23.1 Å². The summed E-state index contributed by atoms with van der Waals surface area (Å²) >= 11 is 6.13. The molecule has 3 rings (SSSR count). The second-order valence-electron chi connectivity index (χ2n) is 5.88. The van der Waals surface area contributed by atoms with E-state index in [1.165, 1.54) is 6.42 Å². The number of aromatic nitrogens is 1. The second kappa shape index (κ2) is 5.70. The number of hydrogen-bond acceptors (Lipinski definition) is 2. The minimum Gasteiger partial charge on any atom is -0.364 e. The van der Waals surface area contributed by atoms with Crippen LogP contribution in [-0.4, -0.2) is 16.9 Å². The minimum absolute atomic E-state index is 0.0589. The summed E-state index contributed by atoms with van der Waals surface area (Å²) in [5.74, 6) is -0.281. The summed E-state index contributed by atoms with van der Waals surface area (Å²) < 4.78 is 0. The molecule has 2 aromatic rings. The highest BCUT2D eigenvalue weighted by Gasteiger charge is 2.29. The number of H-pyrrole nitrogens is 1. The molecule has 1 aromatic carbocycles. The predicted molar refractivity (Wildman–Crippen MR) is 85.6 cm³/mol. The van der Waals surface area contributed by atoms with Gasteiger partial charge in [-0.1, -0.05) is 30.9 Å². The zero-order valence-electron chi connectivity index (χ0n) is 11.9. The van der Waals surface area contributed by atoms with Gasteiger partial charge in [-0.25, -0.2) is 0 Å². The lowest BCUT2D eigenvalue weighted by molar-refractivity contribution is 0.0995. The third-order valence-electron chi connectivity index (χ3n) is 4.49. The molecule has 4 nitrogen and oxygen atoms in total. The fraction of sp³-hybridized carbons (Fsp3) is 0.438. The lowest BCUT2D eigenvalue weighted by atomic mass is 9.86. The number of fused-ring (bicyclic) bond motifs is 1. The molecular formula is C16H20ClN3O. The number of nitrogens with one attached hydrogen (secondary N) is 1. The Hall–Kier alpha value is -1.52. The molecule has 5 N–H and O–H groups in total. The summed E-state index contributed by atoms with van der Waals surface area (Å²) in [5.41, 5.74) is 14.3. The van der Waals surface area contributed by atoms with E-state index in [1.807, 2.05) is 18.2 Å². The number of nitrogens with two attached hydrogens (primary N) is 2. The van der Waals surface area contributed by atoms with Crippen LogP contribution in [0.3, 0.4) is 0 Å².